The van der Waals surface area contributed by atoms with Crippen LogP contribution in [-0.4, -0.2) is 48.2 Å². The first-order valence-electron chi connectivity index (χ1n) is 7.49. The van der Waals surface area contributed by atoms with Crippen LogP contribution in [-0.2, 0) is 4.74 Å². The van der Waals surface area contributed by atoms with E-state index in [0.29, 0.717) is 31.5 Å². The zero-order valence-corrected chi connectivity index (χ0v) is 13.2. The summed E-state index contributed by atoms with van der Waals surface area (Å²) in [5, 5.41) is 22.5. The Morgan fingerprint density at radius 1 is 0.842 bits per heavy atom. The minimum atomic E-state index is -0.513. The Labute approximate surface area is 118 Å². The molecule has 0 aliphatic rings. The van der Waals surface area contributed by atoms with Gasteiger partial charge in [-0.25, -0.2) is 0 Å². The highest BCUT2D eigenvalue weighted by molar-refractivity contribution is 4.65. The second-order valence-corrected chi connectivity index (χ2v) is 6.37. The number of rotatable bonds is 11. The lowest BCUT2D eigenvalue weighted by Crippen LogP contribution is -2.36. The fraction of sp³-hybridized carbons (Fsp3) is 1.00. The van der Waals surface area contributed by atoms with Crippen molar-refractivity contribution in [2.45, 2.75) is 65.8 Å². The Bertz CT molecular complexity index is 210. The molecule has 0 aromatic carbocycles. The second kappa shape index (κ2) is 10.6. The Balaban J connectivity index is 3.56. The summed E-state index contributed by atoms with van der Waals surface area (Å²) < 4.78 is 5.58. The zero-order chi connectivity index (χ0) is 14.8. The van der Waals surface area contributed by atoms with Gasteiger partial charge in [-0.15, -0.1) is 0 Å². The second-order valence-electron chi connectivity index (χ2n) is 6.37. The normalized spacial score (nSPS) is 16.9. The van der Waals surface area contributed by atoms with E-state index in [-0.39, 0.29) is 12.2 Å². The van der Waals surface area contributed by atoms with Gasteiger partial charge in [-0.3, -0.25) is 0 Å². The number of nitrogens with one attached hydrogen (secondary N) is 1. The molecule has 0 bridgehead atoms. The molecule has 4 heteroatoms. The highest BCUT2D eigenvalue weighted by Gasteiger charge is 2.11. The van der Waals surface area contributed by atoms with Crippen molar-refractivity contribution in [3.05, 3.63) is 0 Å². The summed E-state index contributed by atoms with van der Waals surface area (Å²) in [5.41, 5.74) is 0. The third kappa shape index (κ3) is 12.6. The van der Waals surface area contributed by atoms with E-state index in [2.05, 4.69) is 33.0 Å². The summed E-state index contributed by atoms with van der Waals surface area (Å²) in [4.78, 5) is 0. The van der Waals surface area contributed by atoms with Crippen LogP contribution in [0.1, 0.15) is 47.5 Å². The molecule has 0 fully saturated rings. The molecule has 3 unspecified atom stereocenters. The lowest BCUT2D eigenvalue weighted by molar-refractivity contribution is -0.00938. The first-order valence-corrected chi connectivity index (χ1v) is 7.49. The molecule has 0 saturated heterocycles. The Hall–Kier alpha value is -0.160. The molecule has 3 atom stereocenters. The van der Waals surface area contributed by atoms with Gasteiger partial charge in [0.05, 0.1) is 24.9 Å². The molecule has 116 valence electrons. The Morgan fingerprint density at radius 2 is 1.37 bits per heavy atom. The fourth-order valence-corrected chi connectivity index (χ4v) is 2.11. The molecule has 0 aromatic heterocycles. The van der Waals surface area contributed by atoms with Crippen LogP contribution in [0.4, 0.5) is 0 Å². The first-order chi connectivity index (χ1) is 8.81. The average Bonchev–Trinajstić information content (AvgIpc) is 2.24. The van der Waals surface area contributed by atoms with Crippen LogP contribution in [0.2, 0.25) is 0 Å². The van der Waals surface area contributed by atoms with Crippen molar-refractivity contribution in [3.8, 4) is 0 Å². The summed E-state index contributed by atoms with van der Waals surface area (Å²) in [7, 11) is 0. The van der Waals surface area contributed by atoms with Crippen LogP contribution in [0.15, 0.2) is 0 Å². The number of ether oxygens (including phenoxy) is 1. The predicted molar refractivity (Wildman–Crippen MR) is 79.2 cm³/mol. The molecule has 0 heterocycles. The van der Waals surface area contributed by atoms with E-state index < -0.39 is 6.10 Å². The van der Waals surface area contributed by atoms with Crippen LogP contribution in [0.25, 0.3) is 0 Å². The maximum atomic E-state index is 9.76. The Morgan fingerprint density at radius 3 is 1.89 bits per heavy atom. The third-order valence-electron chi connectivity index (χ3n) is 2.88. The summed E-state index contributed by atoms with van der Waals surface area (Å²) in [5.74, 6) is 1.10. The molecule has 0 radical (unpaired) electrons. The van der Waals surface area contributed by atoms with Crippen molar-refractivity contribution in [1.82, 2.24) is 5.32 Å². The quantitative estimate of drug-likeness (QED) is 0.538. The highest BCUT2D eigenvalue weighted by Crippen LogP contribution is 2.07. The molecule has 4 nitrogen and oxygen atoms in total. The van der Waals surface area contributed by atoms with Crippen molar-refractivity contribution < 1.29 is 14.9 Å². The third-order valence-corrected chi connectivity index (χ3v) is 2.88. The topological polar surface area (TPSA) is 61.7 Å². The van der Waals surface area contributed by atoms with Crippen molar-refractivity contribution in [2.75, 3.05) is 19.7 Å². The smallest absolute Gasteiger partial charge is 0.0897 e. The first kappa shape index (κ1) is 18.8. The van der Waals surface area contributed by atoms with Gasteiger partial charge in [0.25, 0.3) is 0 Å². The van der Waals surface area contributed by atoms with E-state index in [0.717, 1.165) is 12.8 Å². The lowest BCUT2D eigenvalue weighted by atomic mass is 10.1. The average molecular weight is 275 g/mol. The fourth-order valence-electron chi connectivity index (χ4n) is 2.11. The molecule has 0 rings (SSSR count). The largest absolute Gasteiger partial charge is 0.392 e. The summed E-state index contributed by atoms with van der Waals surface area (Å²) in [6.07, 6.45) is 1.12. The van der Waals surface area contributed by atoms with Gasteiger partial charge in [-0.2, -0.15) is 0 Å². The number of aliphatic hydroxyl groups is 2. The van der Waals surface area contributed by atoms with Gasteiger partial charge < -0.3 is 20.3 Å². The molecule has 0 aliphatic heterocycles. The summed E-state index contributed by atoms with van der Waals surface area (Å²) in [6.45, 7) is 11.9. The number of hydrogen-bond donors (Lipinski definition) is 3. The van der Waals surface area contributed by atoms with Gasteiger partial charge in [0.2, 0.25) is 0 Å². The van der Waals surface area contributed by atoms with Crippen molar-refractivity contribution in [2.24, 2.45) is 11.8 Å². The maximum absolute atomic E-state index is 9.76. The molecule has 0 aliphatic carbocycles. The van der Waals surface area contributed by atoms with E-state index in [9.17, 15) is 10.2 Å². The van der Waals surface area contributed by atoms with E-state index >= 15 is 0 Å². The predicted octanol–water partition coefficient (Wildman–Crippen LogP) is 1.80. The van der Waals surface area contributed by atoms with E-state index in [1.165, 1.54) is 0 Å². The minimum Gasteiger partial charge on any atom is -0.392 e. The van der Waals surface area contributed by atoms with Gasteiger partial charge in [-0.05, 0) is 31.6 Å². The zero-order valence-electron chi connectivity index (χ0n) is 13.2. The molecule has 0 aromatic rings. The van der Waals surface area contributed by atoms with Gasteiger partial charge >= 0.3 is 0 Å². The SMILES string of the molecule is CC(C)CC(O)CNCC(O)COC(C)CC(C)C. The highest BCUT2D eigenvalue weighted by atomic mass is 16.5. The van der Waals surface area contributed by atoms with E-state index in [1.54, 1.807) is 0 Å². The van der Waals surface area contributed by atoms with E-state index in [4.69, 9.17) is 4.74 Å². The molecular formula is C15H33NO3. The summed E-state index contributed by atoms with van der Waals surface area (Å²) in [6, 6.07) is 0. The van der Waals surface area contributed by atoms with Crippen LogP contribution in [0.3, 0.4) is 0 Å². The Kier molecular flexibility index (Phi) is 10.5. The van der Waals surface area contributed by atoms with E-state index in [1.807, 2.05) is 6.92 Å². The monoisotopic (exact) mass is 275 g/mol. The molecule has 19 heavy (non-hydrogen) atoms. The molecule has 3 N–H and O–H groups in total. The number of aliphatic hydroxyl groups excluding tert-OH is 2. The van der Waals surface area contributed by atoms with Gasteiger partial charge in [0.15, 0.2) is 0 Å². The van der Waals surface area contributed by atoms with Crippen LogP contribution < -0.4 is 5.32 Å². The standard InChI is InChI=1S/C15H33NO3/c1-11(2)6-13(5)19-10-15(18)9-16-8-14(17)7-12(3)4/h11-18H,6-10H2,1-5H3. The molecule has 0 saturated carbocycles. The van der Waals surface area contributed by atoms with Crippen LogP contribution in [0, 0.1) is 11.8 Å². The van der Waals surface area contributed by atoms with Gasteiger partial charge in [0, 0.05) is 13.1 Å². The lowest BCUT2D eigenvalue weighted by Gasteiger charge is -2.19. The minimum absolute atomic E-state index is 0.182. The molecule has 0 spiro atoms. The maximum Gasteiger partial charge on any atom is 0.0897 e. The molecular weight excluding hydrogens is 242 g/mol. The van der Waals surface area contributed by atoms with Crippen molar-refractivity contribution in [3.63, 3.8) is 0 Å². The number of hydrogen-bond acceptors (Lipinski definition) is 4. The van der Waals surface area contributed by atoms with Crippen LogP contribution >= 0.6 is 0 Å². The van der Waals surface area contributed by atoms with Gasteiger partial charge in [0.1, 0.15) is 0 Å². The van der Waals surface area contributed by atoms with Crippen molar-refractivity contribution in [1.29, 1.82) is 0 Å². The van der Waals surface area contributed by atoms with Crippen LogP contribution in [0.5, 0.6) is 0 Å². The molecule has 0 amide bonds. The summed E-state index contributed by atoms with van der Waals surface area (Å²) >= 11 is 0. The van der Waals surface area contributed by atoms with Crippen molar-refractivity contribution >= 4 is 0 Å². The van der Waals surface area contributed by atoms with Gasteiger partial charge in [-0.1, -0.05) is 27.7 Å².